The number of hydrogen-bond acceptors (Lipinski definition) is 3. The summed E-state index contributed by atoms with van der Waals surface area (Å²) in [6.07, 6.45) is 2.15. The first-order chi connectivity index (χ1) is 12.9. The zero-order valence-corrected chi connectivity index (χ0v) is 16.8. The van der Waals surface area contributed by atoms with Gasteiger partial charge in [0.1, 0.15) is 0 Å². The van der Waals surface area contributed by atoms with Gasteiger partial charge in [-0.25, -0.2) is 0 Å². The molecule has 0 unspecified atom stereocenters. The zero-order valence-electron chi connectivity index (χ0n) is 16.0. The van der Waals surface area contributed by atoms with Gasteiger partial charge in [-0.1, -0.05) is 24.3 Å². The summed E-state index contributed by atoms with van der Waals surface area (Å²) in [5.41, 5.74) is 2.84. The lowest BCUT2D eigenvalue weighted by molar-refractivity contribution is 0.00578. The molecule has 2 aromatic carbocycles. The van der Waals surface area contributed by atoms with Gasteiger partial charge in [0.05, 0.1) is 21.4 Å². The smallest absolute Gasteiger partial charge is 0.399 e. The van der Waals surface area contributed by atoms with Crippen molar-refractivity contribution in [2.75, 3.05) is 0 Å². The van der Waals surface area contributed by atoms with Gasteiger partial charge in [-0.2, -0.15) is 0 Å². The lowest BCUT2D eigenvalue weighted by Crippen LogP contribution is -2.41. The predicted molar refractivity (Wildman–Crippen MR) is 114 cm³/mol. The third kappa shape index (κ3) is 2.49. The van der Waals surface area contributed by atoms with E-state index in [1.54, 1.807) is 11.3 Å². The molecule has 1 fully saturated rings. The molecule has 136 valence electrons. The summed E-state index contributed by atoms with van der Waals surface area (Å²) in [4.78, 5) is 0. The van der Waals surface area contributed by atoms with Crippen molar-refractivity contribution in [1.82, 2.24) is 4.57 Å². The first-order valence-electron chi connectivity index (χ1n) is 9.30. The van der Waals surface area contributed by atoms with E-state index in [0.717, 1.165) is 5.46 Å². The molecule has 0 amide bonds. The molecule has 0 radical (unpaired) electrons. The Kier molecular flexibility index (Phi) is 3.61. The van der Waals surface area contributed by atoms with Crippen molar-refractivity contribution in [3.8, 4) is 5.69 Å². The molecule has 0 atom stereocenters. The maximum absolute atomic E-state index is 6.34. The Morgan fingerprint density at radius 2 is 1.63 bits per heavy atom. The predicted octanol–water partition coefficient (Wildman–Crippen LogP) is 5.14. The first kappa shape index (κ1) is 17.1. The van der Waals surface area contributed by atoms with Crippen LogP contribution in [-0.2, 0) is 9.31 Å². The Morgan fingerprint density at radius 1 is 0.926 bits per heavy atom. The molecule has 1 aliphatic heterocycles. The molecule has 2 aromatic heterocycles. The van der Waals surface area contributed by atoms with Gasteiger partial charge in [-0.3, -0.25) is 0 Å². The minimum Gasteiger partial charge on any atom is -0.399 e. The SMILES string of the molecule is CC1(C)OB(c2cc3ccn(-c4ccccc4)c3c3sccc23)OC1(C)C. The van der Waals surface area contributed by atoms with Gasteiger partial charge in [-0.05, 0) is 68.2 Å². The van der Waals surface area contributed by atoms with Crippen LogP contribution in [-0.4, -0.2) is 22.9 Å². The maximum atomic E-state index is 6.34. The van der Waals surface area contributed by atoms with Crippen LogP contribution < -0.4 is 5.46 Å². The number of thiophene rings is 1. The van der Waals surface area contributed by atoms with Crippen molar-refractivity contribution < 1.29 is 9.31 Å². The van der Waals surface area contributed by atoms with Crippen molar-refractivity contribution in [3.63, 3.8) is 0 Å². The van der Waals surface area contributed by atoms with E-state index in [1.165, 1.54) is 26.7 Å². The number of rotatable bonds is 2. The Morgan fingerprint density at radius 3 is 2.33 bits per heavy atom. The molecule has 1 aliphatic rings. The summed E-state index contributed by atoms with van der Waals surface area (Å²) in [5, 5.41) is 4.57. The number of aromatic nitrogens is 1. The minimum atomic E-state index is -0.350. The van der Waals surface area contributed by atoms with Crippen molar-refractivity contribution in [1.29, 1.82) is 0 Å². The number of fused-ring (bicyclic) bond motifs is 3. The van der Waals surface area contributed by atoms with E-state index in [9.17, 15) is 0 Å². The molecular formula is C22H22BNO2S. The third-order valence-corrected chi connectivity index (χ3v) is 6.88. The molecule has 0 saturated carbocycles. The number of benzene rings is 2. The highest BCUT2D eigenvalue weighted by molar-refractivity contribution is 7.18. The second kappa shape index (κ2) is 5.71. The quantitative estimate of drug-likeness (QED) is 0.453. The Hall–Kier alpha value is -2.08. The molecule has 0 bridgehead atoms. The van der Waals surface area contributed by atoms with Crippen LogP contribution in [0, 0.1) is 0 Å². The van der Waals surface area contributed by atoms with E-state index in [0.29, 0.717) is 0 Å². The highest BCUT2D eigenvalue weighted by atomic mass is 32.1. The van der Waals surface area contributed by atoms with Gasteiger partial charge in [0.25, 0.3) is 0 Å². The fourth-order valence-electron chi connectivity index (χ4n) is 3.74. The van der Waals surface area contributed by atoms with E-state index < -0.39 is 0 Å². The van der Waals surface area contributed by atoms with E-state index in [4.69, 9.17) is 9.31 Å². The van der Waals surface area contributed by atoms with Gasteiger partial charge < -0.3 is 13.9 Å². The number of nitrogens with zero attached hydrogens (tertiary/aromatic N) is 1. The Labute approximate surface area is 163 Å². The summed E-state index contributed by atoms with van der Waals surface area (Å²) in [6.45, 7) is 8.40. The second-order valence-corrected chi connectivity index (χ2v) is 9.09. The lowest BCUT2D eigenvalue weighted by Gasteiger charge is -2.32. The van der Waals surface area contributed by atoms with Gasteiger partial charge in [0, 0.05) is 17.3 Å². The monoisotopic (exact) mass is 375 g/mol. The fraction of sp³-hybridized carbons (Fsp3) is 0.273. The highest BCUT2D eigenvalue weighted by Gasteiger charge is 2.52. The summed E-state index contributed by atoms with van der Waals surface area (Å²) in [6, 6.07) is 17.1. The average molecular weight is 375 g/mol. The number of para-hydroxylation sites is 1. The normalized spacial score (nSPS) is 18.6. The maximum Gasteiger partial charge on any atom is 0.495 e. The van der Waals surface area contributed by atoms with Gasteiger partial charge in [-0.15, -0.1) is 11.3 Å². The largest absolute Gasteiger partial charge is 0.495 e. The van der Waals surface area contributed by atoms with E-state index >= 15 is 0 Å². The molecule has 0 N–H and O–H groups in total. The molecule has 3 nitrogen and oxygen atoms in total. The molecule has 4 aromatic rings. The van der Waals surface area contributed by atoms with Gasteiger partial charge in [0.2, 0.25) is 0 Å². The van der Waals surface area contributed by atoms with Crippen LogP contribution in [0.3, 0.4) is 0 Å². The van der Waals surface area contributed by atoms with Crippen molar-refractivity contribution in [2.24, 2.45) is 0 Å². The first-order valence-corrected chi connectivity index (χ1v) is 10.2. The molecule has 3 heterocycles. The second-order valence-electron chi connectivity index (χ2n) is 8.18. The molecule has 0 spiro atoms. The molecule has 1 saturated heterocycles. The fourth-order valence-corrected chi connectivity index (χ4v) is 4.72. The van der Waals surface area contributed by atoms with Gasteiger partial charge >= 0.3 is 7.12 Å². The van der Waals surface area contributed by atoms with Crippen molar-refractivity contribution in [2.45, 2.75) is 38.9 Å². The summed E-state index contributed by atoms with van der Waals surface area (Å²) in [7, 11) is -0.350. The van der Waals surface area contributed by atoms with Crippen LogP contribution in [0.4, 0.5) is 0 Å². The van der Waals surface area contributed by atoms with Crippen LogP contribution >= 0.6 is 11.3 Å². The van der Waals surface area contributed by atoms with Crippen LogP contribution in [0.2, 0.25) is 0 Å². The molecule has 5 rings (SSSR count). The van der Waals surface area contributed by atoms with E-state index in [1.807, 2.05) is 6.07 Å². The highest BCUT2D eigenvalue weighted by Crippen LogP contribution is 2.38. The van der Waals surface area contributed by atoms with E-state index in [-0.39, 0.29) is 18.3 Å². The summed E-state index contributed by atoms with van der Waals surface area (Å²) in [5.74, 6) is 0. The Bertz CT molecular complexity index is 1130. The average Bonchev–Trinajstić information content (AvgIpc) is 3.31. The van der Waals surface area contributed by atoms with E-state index in [2.05, 4.69) is 86.3 Å². The van der Waals surface area contributed by atoms with Crippen LogP contribution in [0.15, 0.2) is 60.1 Å². The van der Waals surface area contributed by atoms with Crippen LogP contribution in [0.25, 0.3) is 26.7 Å². The Balaban J connectivity index is 1.72. The molecule has 27 heavy (non-hydrogen) atoms. The number of hydrogen-bond donors (Lipinski definition) is 0. The summed E-state index contributed by atoms with van der Waals surface area (Å²) >= 11 is 1.77. The topological polar surface area (TPSA) is 23.4 Å². The molecular weight excluding hydrogens is 353 g/mol. The molecule has 5 heteroatoms. The van der Waals surface area contributed by atoms with Crippen molar-refractivity contribution in [3.05, 3.63) is 60.1 Å². The lowest BCUT2D eigenvalue weighted by atomic mass is 9.76. The zero-order chi connectivity index (χ0) is 18.8. The van der Waals surface area contributed by atoms with Crippen LogP contribution in [0.5, 0.6) is 0 Å². The minimum absolute atomic E-state index is 0.342. The third-order valence-electron chi connectivity index (χ3n) is 5.96. The standard InChI is InChI=1S/C22H22BNO2S/c1-21(2)22(3,4)26-23(25-21)18-14-15-10-12-24(16-8-6-5-7-9-16)19(15)20-17(18)11-13-27-20/h5-14H,1-4H3. The van der Waals surface area contributed by atoms with Crippen molar-refractivity contribution >= 4 is 44.9 Å². The van der Waals surface area contributed by atoms with Crippen LogP contribution in [0.1, 0.15) is 27.7 Å². The van der Waals surface area contributed by atoms with Gasteiger partial charge in [0.15, 0.2) is 0 Å². The molecule has 0 aliphatic carbocycles. The summed E-state index contributed by atoms with van der Waals surface area (Å²) < 4.78 is 16.2.